The van der Waals surface area contributed by atoms with Crippen LogP contribution in [0, 0.1) is 11.3 Å². The molecule has 7 heteroatoms. The van der Waals surface area contributed by atoms with Gasteiger partial charge < -0.3 is 21.1 Å². The van der Waals surface area contributed by atoms with Crippen molar-refractivity contribution in [3.05, 3.63) is 12.7 Å². The summed E-state index contributed by atoms with van der Waals surface area (Å²) < 4.78 is 0. The molecule has 1 saturated carbocycles. The number of hydrogen-bond donors (Lipinski definition) is 4. The Morgan fingerprint density at radius 2 is 1.64 bits per heavy atom. The first-order valence-electron chi connectivity index (χ1n) is 9.82. The minimum Gasteiger partial charge on any atom is -0.465 e. The molecule has 1 aliphatic rings. The largest absolute Gasteiger partial charge is 0.465 e. The molecule has 0 spiro atoms. The minimum atomic E-state index is -1.11. The molecule has 1 atom stereocenters. The monoisotopic (exact) mass is 395 g/mol. The molecular formula is C21H37N3O4. The molecule has 0 aromatic carbocycles. The summed E-state index contributed by atoms with van der Waals surface area (Å²) in [4.78, 5) is 36.8. The Kier molecular flexibility index (Phi) is 6.97. The van der Waals surface area contributed by atoms with Gasteiger partial charge in [0.15, 0.2) is 0 Å². The van der Waals surface area contributed by atoms with Crippen molar-refractivity contribution in [2.45, 2.75) is 90.8 Å². The van der Waals surface area contributed by atoms with E-state index in [1.165, 1.54) is 6.92 Å². The van der Waals surface area contributed by atoms with Crippen molar-refractivity contribution < 1.29 is 19.5 Å². The molecular weight excluding hydrogens is 358 g/mol. The van der Waals surface area contributed by atoms with Crippen molar-refractivity contribution in [1.82, 2.24) is 16.0 Å². The van der Waals surface area contributed by atoms with E-state index in [2.05, 4.69) is 22.5 Å². The quantitative estimate of drug-likeness (QED) is 0.496. The average Bonchev–Trinajstić information content (AvgIpc) is 2.43. The van der Waals surface area contributed by atoms with Crippen molar-refractivity contribution in [1.29, 1.82) is 0 Å². The van der Waals surface area contributed by atoms with Gasteiger partial charge in [0.05, 0.1) is 0 Å². The maximum absolute atomic E-state index is 13.3. The number of carbonyl (C=O) groups excluding carboxylic acids is 2. The Morgan fingerprint density at radius 3 is 2.00 bits per heavy atom. The van der Waals surface area contributed by atoms with Crippen LogP contribution in [0.3, 0.4) is 0 Å². The fourth-order valence-electron chi connectivity index (χ4n) is 4.06. The maximum Gasteiger partial charge on any atom is 0.405 e. The molecule has 1 unspecified atom stereocenters. The van der Waals surface area contributed by atoms with Crippen molar-refractivity contribution in [3.8, 4) is 0 Å². The number of nitrogens with one attached hydrogen (secondary N) is 3. The summed E-state index contributed by atoms with van der Waals surface area (Å²) in [6, 6.07) is 0. The lowest BCUT2D eigenvalue weighted by Gasteiger charge is -2.60. The second kappa shape index (κ2) is 8.13. The summed E-state index contributed by atoms with van der Waals surface area (Å²) in [5.74, 6) is -0.711. The number of allylic oxidation sites excluding steroid dienone is 1. The van der Waals surface area contributed by atoms with Gasteiger partial charge in [0.25, 0.3) is 0 Å². The van der Waals surface area contributed by atoms with E-state index in [4.69, 9.17) is 0 Å². The van der Waals surface area contributed by atoms with Gasteiger partial charge in [-0.3, -0.25) is 9.59 Å². The zero-order valence-electron chi connectivity index (χ0n) is 18.4. The number of hydrogen-bond acceptors (Lipinski definition) is 3. The summed E-state index contributed by atoms with van der Waals surface area (Å²) in [5, 5.41) is 18.0. The Hall–Kier alpha value is -2.05. The number of carbonyl (C=O) groups is 3. The number of amides is 3. The van der Waals surface area contributed by atoms with Gasteiger partial charge in [-0.15, -0.1) is 6.58 Å². The lowest BCUT2D eigenvalue weighted by Crippen LogP contribution is -2.74. The van der Waals surface area contributed by atoms with Gasteiger partial charge in [-0.25, -0.2) is 4.79 Å². The molecule has 0 aromatic heterocycles. The molecule has 0 saturated heterocycles. The number of carboxylic acid groups (broad SMARTS) is 1. The van der Waals surface area contributed by atoms with Gasteiger partial charge in [-0.1, -0.05) is 26.8 Å². The van der Waals surface area contributed by atoms with E-state index in [9.17, 15) is 19.5 Å². The molecule has 0 bridgehead atoms. The van der Waals surface area contributed by atoms with Gasteiger partial charge in [0.1, 0.15) is 5.54 Å². The molecule has 0 aliphatic heterocycles. The smallest absolute Gasteiger partial charge is 0.405 e. The fourth-order valence-corrected chi connectivity index (χ4v) is 4.06. The first kappa shape index (κ1) is 24.0. The summed E-state index contributed by atoms with van der Waals surface area (Å²) in [7, 11) is 0. The highest BCUT2D eigenvalue weighted by molar-refractivity contribution is 5.92. The second-order valence-corrected chi connectivity index (χ2v) is 10.1. The van der Waals surface area contributed by atoms with Crippen LogP contribution in [0.1, 0.15) is 74.1 Å². The zero-order valence-corrected chi connectivity index (χ0v) is 18.4. The standard InChI is InChI=1S/C21H37N3O4/c1-9-10-11-21(22-14(2)25,16(26)23-19(6,7)8)15-12-20(13-15,18(3,4)5)24-17(27)28/h9,15,24H,1,10-13H2,2-8H3,(H,22,25)(H,23,26)(H,27,28). The molecule has 7 nitrogen and oxygen atoms in total. The Bertz CT molecular complexity index is 625. The number of rotatable bonds is 7. The van der Waals surface area contributed by atoms with Gasteiger partial charge in [-0.2, -0.15) is 0 Å². The molecule has 1 rings (SSSR count). The molecule has 4 N–H and O–H groups in total. The normalized spacial score (nSPS) is 24.3. The molecule has 0 radical (unpaired) electrons. The van der Waals surface area contributed by atoms with Crippen molar-refractivity contribution in [2.24, 2.45) is 11.3 Å². The highest BCUT2D eigenvalue weighted by Gasteiger charge is 2.61. The van der Waals surface area contributed by atoms with Crippen LogP contribution in [0.2, 0.25) is 0 Å². The van der Waals surface area contributed by atoms with Gasteiger partial charge >= 0.3 is 6.09 Å². The molecule has 1 fully saturated rings. The Balaban J connectivity index is 3.31. The summed E-state index contributed by atoms with van der Waals surface area (Å²) in [5.41, 5.74) is -2.55. The molecule has 3 amide bonds. The highest BCUT2D eigenvalue weighted by Crippen LogP contribution is 2.53. The van der Waals surface area contributed by atoms with Crippen LogP contribution in [0.4, 0.5) is 4.79 Å². The van der Waals surface area contributed by atoms with Crippen LogP contribution in [0.15, 0.2) is 12.7 Å². The van der Waals surface area contributed by atoms with Gasteiger partial charge in [-0.05, 0) is 57.8 Å². The van der Waals surface area contributed by atoms with Crippen LogP contribution >= 0.6 is 0 Å². The van der Waals surface area contributed by atoms with E-state index in [0.717, 1.165) is 0 Å². The predicted molar refractivity (Wildman–Crippen MR) is 110 cm³/mol. The molecule has 28 heavy (non-hydrogen) atoms. The third-order valence-corrected chi connectivity index (χ3v) is 5.70. The fraction of sp³-hybridized carbons (Fsp3) is 0.762. The van der Waals surface area contributed by atoms with Crippen LogP contribution in [-0.2, 0) is 9.59 Å². The molecule has 0 heterocycles. The molecule has 0 aromatic rings. The SMILES string of the molecule is C=CCCC(NC(C)=O)(C(=O)NC(C)(C)C)C1CC(NC(=O)O)(C(C)(C)C)C1. The van der Waals surface area contributed by atoms with Crippen LogP contribution in [0.5, 0.6) is 0 Å². The third-order valence-electron chi connectivity index (χ3n) is 5.70. The topological polar surface area (TPSA) is 108 Å². The van der Waals surface area contributed by atoms with E-state index < -0.39 is 22.7 Å². The van der Waals surface area contributed by atoms with Crippen LogP contribution < -0.4 is 16.0 Å². The van der Waals surface area contributed by atoms with Crippen molar-refractivity contribution in [2.75, 3.05) is 0 Å². The lowest BCUT2D eigenvalue weighted by molar-refractivity contribution is -0.143. The zero-order chi connectivity index (χ0) is 22.0. The summed E-state index contributed by atoms with van der Waals surface area (Å²) >= 11 is 0. The van der Waals surface area contributed by atoms with Crippen LogP contribution in [0.25, 0.3) is 0 Å². The molecule has 1 aliphatic carbocycles. The Morgan fingerprint density at radius 1 is 1.11 bits per heavy atom. The van der Waals surface area contributed by atoms with Crippen LogP contribution in [-0.4, -0.2) is 39.6 Å². The summed E-state index contributed by atoms with van der Waals surface area (Å²) in [6.45, 7) is 16.8. The first-order chi connectivity index (χ1) is 12.6. The van der Waals surface area contributed by atoms with Gasteiger partial charge in [0.2, 0.25) is 11.8 Å². The minimum absolute atomic E-state index is 0.190. The van der Waals surface area contributed by atoms with E-state index in [-0.39, 0.29) is 23.1 Å². The van der Waals surface area contributed by atoms with E-state index in [1.54, 1.807) is 6.08 Å². The lowest BCUT2D eigenvalue weighted by atomic mass is 9.51. The Labute approximate surface area is 168 Å². The average molecular weight is 396 g/mol. The second-order valence-electron chi connectivity index (χ2n) is 10.1. The first-order valence-corrected chi connectivity index (χ1v) is 9.82. The van der Waals surface area contributed by atoms with Crippen molar-refractivity contribution >= 4 is 17.9 Å². The van der Waals surface area contributed by atoms with E-state index in [0.29, 0.717) is 25.7 Å². The van der Waals surface area contributed by atoms with Crippen molar-refractivity contribution in [3.63, 3.8) is 0 Å². The molecule has 160 valence electrons. The van der Waals surface area contributed by atoms with E-state index in [1.807, 2.05) is 41.5 Å². The highest BCUT2D eigenvalue weighted by atomic mass is 16.4. The van der Waals surface area contributed by atoms with Gasteiger partial charge in [0, 0.05) is 18.0 Å². The predicted octanol–water partition coefficient (Wildman–Crippen LogP) is 3.20. The third kappa shape index (κ3) is 5.26. The maximum atomic E-state index is 13.3. The summed E-state index contributed by atoms with van der Waals surface area (Å²) in [6.07, 6.45) is 2.56. The van der Waals surface area contributed by atoms with E-state index >= 15 is 0 Å².